The van der Waals surface area contributed by atoms with E-state index in [1.165, 1.54) is 56.3 Å². The Morgan fingerprint density at radius 3 is 2.25 bits per heavy atom. The number of unbranched alkanes of at least 4 members (excludes halogenated alkanes) is 1. The van der Waals surface area contributed by atoms with E-state index in [0.717, 1.165) is 22.7 Å². The maximum atomic E-state index is 12.6. The number of carbonyl (C=O) groups is 2. The second-order valence-corrected chi connectivity index (χ2v) is 9.47. The molecule has 1 aliphatic heterocycles. The van der Waals surface area contributed by atoms with Crippen LogP contribution in [0, 0.1) is 0 Å². The summed E-state index contributed by atoms with van der Waals surface area (Å²) in [6, 6.07) is 0. The van der Waals surface area contributed by atoms with Gasteiger partial charge in [0, 0.05) is 17.5 Å². The van der Waals surface area contributed by atoms with Gasteiger partial charge in [-0.25, -0.2) is 0 Å². The molecule has 0 bridgehead atoms. The van der Waals surface area contributed by atoms with Gasteiger partial charge in [0.15, 0.2) is 0 Å². The number of likely N-dealkylation sites (N-methyl/N-ethyl adjacent to an activating group) is 1. The third kappa shape index (κ3) is 5.04. The van der Waals surface area contributed by atoms with Crippen LogP contribution in [0.3, 0.4) is 0 Å². The summed E-state index contributed by atoms with van der Waals surface area (Å²) >= 11 is 3.34. The van der Waals surface area contributed by atoms with Crippen LogP contribution in [0.4, 0.5) is 0 Å². The largest absolute Gasteiger partial charge is 0.277 e. The molecule has 1 saturated carbocycles. The zero-order valence-electron chi connectivity index (χ0n) is 15.3. The monoisotopic (exact) mass is 369 g/mol. The fourth-order valence-electron chi connectivity index (χ4n) is 3.27. The molecule has 2 amide bonds. The van der Waals surface area contributed by atoms with Gasteiger partial charge in [-0.05, 0) is 25.7 Å². The Bertz CT molecular complexity index is 482. The van der Waals surface area contributed by atoms with Gasteiger partial charge in [-0.1, -0.05) is 52.4 Å². The Morgan fingerprint density at radius 1 is 1.04 bits per heavy atom. The summed E-state index contributed by atoms with van der Waals surface area (Å²) in [5, 5.41) is 0.935. The molecule has 2 aliphatic rings. The number of hydrogen-bond acceptors (Lipinski definition) is 4. The molecular formula is C19H31NO2S2. The Hall–Kier alpha value is -0.420. The first kappa shape index (κ1) is 19.9. The van der Waals surface area contributed by atoms with E-state index in [0.29, 0.717) is 10.5 Å². The van der Waals surface area contributed by atoms with Gasteiger partial charge in [0.05, 0.1) is 9.81 Å². The third-order valence-corrected chi connectivity index (χ3v) is 7.98. The molecule has 0 saturated heterocycles. The molecule has 0 radical (unpaired) electrons. The van der Waals surface area contributed by atoms with Gasteiger partial charge < -0.3 is 0 Å². The fourth-order valence-corrected chi connectivity index (χ4v) is 6.11. The number of rotatable bonds is 8. The first-order valence-electron chi connectivity index (χ1n) is 9.48. The molecule has 0 aromatic rings. The lowest BCUT2D eigenvalue weighted by atomic mass is 10.2. The Balaban J connectivity index is 2.14. The molecule has 1 fully saturated rings. The summed E-state index contributed by atoms with van der Waals surface area (Å²) in [6.07, 6.45) is 12.0. The standard InChI is InChI=1S/C19H31NO2S2/c1-4-6-11-14(5-2)23-16-17(19(22)20(3)18(16)21)24-15-12-9-7-8-10-13-15/h14-15H,4-13H2,1-3H3/t14-/m0/s1. The minimum absolute atomic E-state index is 0.0814. The van der Waals surface area contributed by atoms with Crippen molar-refractivity contribution in [2.75, 3.05) is 7.05 Å². The Morgan fingerprint density at radius 2 is 1.67 bits per heavy atom. The van der Waals surface area contributed by atoms with Gasteiger partial charge >= 0.3 is 0 Å². The van der Waals surface area contributed by atoms with Crippen LogP contribution in [0.5, 0.6) is 0 Å². The molecule has 0 unspecified atom stereocenters. The van der Waals surface area contributed by atoms with Crippen molar-refractivity contribution in [3.8, 4) is 0 Å². The minimum Gasteiger partial charge on any atom is -0.277 e. The number of nitrogens with zero attached hydrogens (tertiary/aromatic N) is 1. The SMILES string of the molecule is CCCC[C@H](CC)SC1=C(SC2CCCCCC2)C(=O)N(C)C1=O. The minimum atomic E-state index is -0.0870. The lowest BCUT2D eigenvalue weighted by molar-refractivity contribution is -0.135. The van der Waals surface area contributed by atoms with Gasteiger partial charge in [0.2, 0.25) is 0 Å². The molecule has 1 aliphatic carbocycles. The lowest BCUT2D eigenvalue weighted by Gasteiger charge is -2.16. The van der Waals surface area contributed by atoms with Crippen LogP contribution in [-0.2, 0) is 9.59 Å². The predicted molar refractivity (Wildman–Crippen MR) is 105 cm³/mol. The van der Waals surface area contributed by atoms with Crippen LogP contribution in [0.25, 0.3) is 0 Å². The van der Waals surface area contributed by atoms with Crippen LogP contribution in [0.1, 0.15) is 78.1 Å². The molecule has 136 valence electrons. The molecule has 0 N–H and O–H groups in total. The van der Waals surface area contributed by atoms with E-state index < -0.39 is 0 Å². The number of imide groups is 1. The maximum absolute atomic E-state index is 12.6. The highest BCUT2D eigenvalue weighted by Crippen LogP contribution is 2.43. The van der Waals surface area contributed by atoms with Crippen LogP contribution < -0.4 is 0 Å². The molecule has 5 heteroatoms. The van der Waals surface area contributed by atoms with Crippen molar-refractivity contribution < 1.29 is 9.59 Å². The highest BCUT2D eigenvalue weighted by molar-refractivity contribution is 8.08. The van der Waals surface area contributed by atoms with Gasteiger partial charge in [-0.2, -0.15) is 0 Å². The van der Waals surface area contributed by atoms with Crippen LogP contribution >= 0.6 is 23.5 Å². The first-order valence-corrected chi connectivity index (χ1v) is 11.2. The Labute approximate surface area is 155 Å². The second kappa shape index (κ2) is 9.91. The summed E-state index contributed by atoms with van der Waals surface area (Å²) in [4.78, 5) is 27.9. The van der Waals surface area contributed by atoms with Crippen molar-refractivity contribution in [2.24, 2.45) is 0 Å². The van der Waals surface area contributed by atoms with E-state index >= 15 is 0 Å². The van der Waals surface area contributed by atoms with Crippen molar-refractivity contribution in [1.29, 1.82) is 0 Å². The van der Waals surface area contributed by atoms with Crippen LogP contribution in [0.15, 0.2) is 9.81 Å². The molecular weight excluding hydrogens is 338 g/mol. The molecule has 0 aromatic heterocycles. The van der Waals surface area contributed by atoms with Gasteiger partial charge in [0.25, 0.3) is 11.8 Å². The normalized spacial score (nSPS) is 21.5. The predicted octanol–water partition coefficient (Wildman–Crippen LogP) is 5.35. The van der Waals surface area contributed by atoms with E-state index in [-0.39, 0.29) is 11.8 Å². The molecule has 0 spiro atoms. The van der Waals surface area contributed by atoms with Gasteiger partial charge in [0.1, 0.15) is 0 Å². The molecule has 3 nitrogen and oxygen atoms in total. The number of hydrogen-bond donors (Lipinski definition) is 0. The van der Waals surface area contributed by atoms with E-state index in [1.807, 2.05) is 0 Å². The van der Waals surface area contributed by atoms with E-state index in [1.54, 1.807) is 30.6 Å². The molecule has 1 atom stereocenters. The van der Waals surface area contributed by atoms with Crippen LogP contribution in [0.2, 0.25) is 0 Å². The molecule has 24 heavy (non-hydrogen) atoms. The molecule has 1 heterocycles. The molecule has 0 aromatic carbocycles. The smallest absolute Gasteiger partial charge is 0.268 e. The number of carbonyl (C=O) groups excluding carboxylic acids is 2. The second-order valence-electron chi connectivity index (χ2n) is 6.85. The van der Waals surface area contributed by atoms with E-state index in [4.69, 9.17) is 0 Å². The number of thioether (sulfide) groups is 2. The summed E-state index contributed by atoms with van der Waals surface area (Å²) in [5.74, 6) is -0.168. The summed E-state index contributed by atoms with van der Waals surface area (Å²) in [5.41, 5.74) is 0. The summed E-state index contributed by atoms with van der Waals surface area (Å²) in [6.45, 7) is 4.37. The average Bonchev–Trinajstić information content (AvgIpc) is 2.80. The van der Waals surface area contributed by atoms with Gasteiger partial charge in [-0.15, -0.1) is 23.5 Å². The first-order chi connectivity index (χ1) is 11.6. The van der Waals surface area contributed by atoms with Crippen molar-refractivity contribution in [3.63, 3.8) is 0 Å². The summed E-state index contributed by atoms with van der Waals surface area (Å²) < 4.78 is 0. The molecule has 2 rings (SSSR count). The number of amides is 2. The Kier molecular flexibility index (Phi) is 8.21. The zero-order chi connectivity index (χ0) is 17.5. The fraction of sp³-hybridized carbons (Fsp3) is 0.789. The maximum Gasteiger partial charge on any atom is 0.268 e. The highest BCUT2D eigenvalue weighted by atomic mass is 32.2. The highest BCUT2D eigenvalue weighted by Gasteiger charge is 2.38. The summed E-state index contributed by atoms with van der Waals surface area (Å²) in [7, 11) is 1.62. The van der Waals surface area contributed by atoms with Crippen LogP contribution in [-0.4, -0.2) is 34.3 Å². The van der Waals surface area contributed by atoms with E-state index in [9.17, 15) is 9.59 Å². The quantitative estimate of drug-likeness (QED) is 0.427. The van der Waals surface area contributed by atoms with Gasteiger partial charge in [-0.3, -0.25) is 14.5 Å². The lowest BCUT2D eigenvalue weighted by Crippen LogP contribution is -2.26. The van der Waals surface area contributed by atoms with E-state index in [2.05, 4.69) is 13.8 Å². The van der Waals surface area contributed by atoms with Crippen molar-refractivity contribution >= 4 is 35.3 Å². The van der Waals surface area contributed by atoms with Crippen molar-refractivity contribution in [1.82, 2.24) is 4.90 Å². The third-order valence-electron chi connectivity index (χ3n) is 4.91. The zero-order valence-corrected chi connectivity index (χ0v) is 16.9. The topological polar surface area (TPSA) is 37.4 Å². The van der Waals surface area contributed by atoms with Crippen molar-refractivity contribution in [2.45, 2.75) is 88.6 Å². The average molecular weight is 370 g/mol. The van der Waals surface area contributed by atoms with Crippen molar-refractivity contribution in [3.05, 3.63) is 9.81 Å².